The third kappa shape index (κ3) is 6.46. The second-order valence-electron chi connectivity index (χ2n) is 4.98. The Labute approximate surface area is 132 Å². The predicted octanol–water partition coefficient (Wildman–Crippen LogP) is 1.87. The summed E-state index contributed by atoms with van der Waals surface area (Å²) in [5.41, 5.74) is 7.32. The van der Waals surface area contributed by atoms with Crippen molar-refractivity contribution in [2.75, 3.05) is 25.9 Å². The molecule has 0 saturated heterocycles. The van der Waals surface area contributed by atoms with Gasteiger partial charge in [-0.05, 0) is 37.6 Å². The second-order valence-corrected chi connectivity index (χ2v) is 4.98. The fourth-order valence-corrected chi connectivity index (χ4v) is 1.95. The fraction of sp³-hybridized carbons (Fsp3) is 0.500. The third-order valence-corrected chi connectivity index (χ3v) is 3.30. The van der Waals surface area contributed by atoms with Crippen molar-refractivity contribution in [3.8, 4) is 0 Å². The smallest absolute Gasteiger partial charge is 0.224 e. The number of nitrogens with one attached hydrogen (secondary N) is 1. The molecule has 0 bridgehead atoms. The number of benzene rings is 1. The van der Waals surface area contributed by atoms with Crippen LogP contribution in [-0.2, 0) is 11.2 Å². The summed E-state index contributed by atoms with van der Waals surface area (Å²) >= 11 is 0. The van der Waals surface area contributed by atoms with Crippen LogP contribution in [0.4, 0.5) is 5.69 Å². The van der Waals surface area contributed by atoms with Crippen LogP contribution in [0.3, 0.4) is 0 Å². The minimum atomic E-state index is 0. The third-order valence-electron chi connectivity index (χ3n) is 3.30. The Morgan fingerprint density at radius 2 is 1.90 bits per heavy atom. The molecule has 1 aliphatic carbocycles. The molecule has 0 aromatic heterocycles. The maximum atomic E-state index is 11.7. The van der Waals surface area contributed by atoms with Gasteiger partial charge in [0.25, 0.3) is 0 Å². The number of nitrogen functional groups attached to an aromatic ring is 1. The van der Waals surface area contributed by atoms with E-state index in [1.54, 1.807) is 0 Å². The van der Waals surface area contributed by atoms with Crippen molar-refractivity contribution in [2.24, 2.45) is 0 Å². The molecule has 3 N–H and O–H groups in total. The summed E-state index contributed by atoms with van der Waals surface area (Å²) < 4.78 is 0. The topological polar surface area (TPSA) is 58.4 Å². The van der Waals surface area contributed by atoms with Crippen molar-refractivity contribution in [2.45, 2.75) is 25.3 Å². The number of amides is 1. The van der Waals surface area contributed by atoms with Gasteiger partial charge in [0, 0.05) is 24.8 Å². The number of rotatable bonds is 6. The van der Waals surface area contributed by atoms with E-state index in [0.717, 1.165) is 30.4 Å². The van der Waals surface area contributed by atoms with E-state index in [1.807, 2.05) is 24.3 Å². The van der Waals surface area contributed by atoms with Gasteiger partial charge in [-0.25, -0.2) is 0 Å². The Morgan fingerprint density at radius 1 is 1.30 bits per heavy atom. The van der Waals surface area contributed by atoms with Gasteiger partial charge in [-0.15, -0.1) is 24.8 Å². The Kier molecular flexibility index (Phi) is 8.62. The lowest BCUT2D eigenvalue weighted by atomic mass is 10.1. The van der Waals surface area contributed by atoms with E-state index in [0.29, 0.717) is 6.42 Å². The lowest BCUT2D eigenvalue weighted by molar-refractivity contribution is -0.120. The summed E-state index contributed by atoms with van der Waals surface area (Å²) in [7, 11) is 2.11. The number of carbonyl (C=O) groups is 1. The van der Waals surface area contributed by atoms with Crippen molar-refractivity contribution >= 4 is 36.4 Å². The largest absolute Gasteiger partial charge is 0.399 e. The molecule has 114 valence electrons. The summed E-state index contributed by atoms with van der Waals surface area (Å²) in [6.07, 6.45) is 3.03. The number of anilines is 1. The highest BCUT2D eigenvalue weighted by atomic mass is 35.5. The molecule has 4 nitrogen and oxygen atoms in total. The summed E-state index contributed by atoms with van der Waals surface area (Å²) in [6, 6.07) is 8.18. The zero-order valence-corrected chi connectivity index (χ0v) is 13.3. The fourth-order valence-electron chi connectivity index (χ4n) is 1.95. The number of nitrogens with zero attached hydrogens (tertiary/aromatic N) is 1. The highest BCUT2D eigenvalue weighted by Crippen LogP contribution is 2.24. The quantitative estimate of drug-likeness (QED) is 0.787. The van der Waals surface area contributed by atoms with Gasteiger partial charge in [-0.1, -0.05) is 12.1 Å². The first-order valence-corrected chi connectivity index (χ1v) is 6.46. The highest BCUT2D eigenvalue weighted by molar-refractivity contribution is 5.85. The first kappa shape index (κ1) is 19.0. The standard InChI is InChI=1S/C14H21N3O.2ClH/c1-17(13-6-7-13)9-8-16-14(18)10-11-2-4-12(15)5-3-11;;/h2-5,13H,6-10,15H2,1H3,(H,16,18);2*1H. The van der Waals surface area contributed by atoms with Crippen molar-refractivity contribution in [1.29, 1.82) is 0 Å². The average molecular weight is 320 g/mol. The molecule has 1 saturated carbocycles. The summed E-state index contributed by atoms with van der Waals surface area (Å²) in [5, 5.41) is 2.95. The van der Waals surface area contributed by atoms with Crippen molar-refractivity contribution in [3.63, 3.8) is 0 Å². The van der Waals surface area contributed by atoms with Gasteiger partial charge in [0.1, 0.15) is 0 Å². The number of hydrogen-bond acceptors (Lipinski definition) is 3. The van der Waals surface area contributed by atoms with Gasteiger partial charge in [-0.2, -0.15) is 0 Å². The van der Waals surface area contributed by atoms with Gasteiger partial charge in [0.15, 0.2) is 0 Å². The molecular weight excluding hydrogens is 297 g/mol. The second kappa shape index (κ2) is 9.06. The van der Waals surface area contributed by atoms with E-state index >= 15 is 0 Å². The van der Waals surface area contributed by atoms with Crippen LogP contribution in [0.1, 0.15) is 18.4 Å². The van der Waals surface area contributed by atoms with Gasteiger partial charge in [-0.3, -0.25) is 4.79 Å². The molecule has 0 spiro atoms. The maximum Gasteiger partial charge on any atom is 0.224 e. The Bertz CT molecular complexity index is 407. The van der Waals surface area contributed by atoms with Crippen molar-refractivity contribution in [1.82, 2.24) is 10.2 Å². The molecule has 1 aliphatic rings. The highest BCUT2D eigenvalue weighted by Gasteiger charge is 2.25. The summed E-state index contributed by atoms with van der Waals surface area (Å²) in [4.78, 5) is 14.0. The van der Waals surface area contributed by atoms with E-state index in [1.165, 1.54) is 12.8 Å². The van der Waals surface area contributed by atoms with Crippen LogP contribution in [0.15, 0.2) is 24.3 Å². The first-order chi connectivity index (χ1) is 8.65. The number of nitrogens with two attached hydrogens (primary N) is 1. The lowest BCUT2D eigenvalue weighted by Gasteiger charge is -2.15. The van der Waals surface area contributed by atoms with Gasteiger partial charge < -0.3 is 16.0 Å². The molecule has 2 rings (SSSR count). The molecule has 1 aromatic rings. The van der Waals surface area contributed by atoms with Crippen LogP contribution in [-0.4, -0.2) is 37.0 Å². The molecule has 0 atom stereocenters. The van der Waals surface area contributed by atoms with E-state index in [4.69, 9.17) is 5.73 Å². The molecule has 1 fully saturated rings. The minimum absolute atomic E-state index is 0. The van der Waals surface area contributed by atoms with Crippen LogP contribution >= 0.6 is 24.8 Å². The van der Waals surface area contributed by atoms with E-state index in [-0.39, 0.29) is 30.7 Å². The number of likely N-dealkylation sites (N-methyl/N-ethyl adjacent to an activating group) is 1. The molecule has 0 radical (unpaired) electrons. The Hall–Kier alpha value is -0.970. The molecule has 0 aliphatic heterocycles. The average Bonchev–Trinajstić information content (AvgIpc) is 3.16. The summed E-state index contributed by atoms with van der Waals surface area (Å²) in [6.45, 7) is 1.65. The first-order valence-electron chi connectivity index (χ1n) is 6.46. The van der Waals surface area contributed by atoms with Crippen LogP contribution < -0.4 is 11.1 Å². The lowest BCUT2D eigenvalue weighted by Crippen LogP contribution is -2.34. The molecular formula is C14H23Cl2N3O. The van der Waals surface area contributed by atoms with Crippen LogP contribution in [0.25, 0.3) is 0 Å². The molecule has 6 heteroatoms. The molecule has 0 unspecified atom stereocenters. The zero-order valence-electron chi connectivity index (χ0n) is 11.7. The number of hydrogen-bond donors (Lipinski definition) is 2. The van der Waals surface area contributed by atoms with Crippen LogP contribution in [0.2, 0.25) is 0 Å². The normalized spacial score (nSPS) is 13.3. The van der Waals surface area contributed by atoms with Crippen LogP contribution in [0.5, 0.6) is 0 Å². The Balaban J connectivity index is 0.00000180. The molecule has 1 aromatic carbocycles. The van der Waals surface area contributed by atoms with E-state index < -0.39 is 0 Å². The minimum Gasteiger partial charge on any atom is -0.399 e. The zero-order chi connectivity index (χ0) is 13.0. The Morgan fingerprint density at radius 3 is 2.45 bits per heavy atom. The maximum absolute atomic E-state index is 11.7. The van der Waals surface area contributed by atoms with E-state index in [9.17, 15) is 4.79 Å². The SMILES string of the molecule is CN(CCNC(=O)Cc1ccc(N)cc1)C1CC1.Cl.Cl. The number of carbonyl (C=O) groups excluding carboxylic acids is 1. The van der Waals surface area contributed by atoms with Crippen molar-refractivity contribution in [3.05, 3.63) is 29.8 Å². The number of halogens is 2. The molecule has 0 heterocycles. The molecule has 1 amide bonds. The van der Waals surface area contributed by atoms with Crippen LogP contribution in [0, 0.1) is 0 Å². The van der Waals surface area contributed by atoms with Gasteiger partial charge in [0.2, 0.25) is 5.91 Å². The van der Waals surface area contributed by atoms with E-state index in [2.05, 4.69) is 17.3 Å². The molecule has 20 heavy (non-hydrogen) atoms. The van der Waals surface area contributed by atoms with Gasteiger partial charge in [0.05, 0.1) is 6.42 Å². The predicted molar refractivity (Wildman–Crippen MR) is 87.7 cm³/mol. The summed E-state index contributed by atoms with van der Waals surface area (Å²) in [5.74, 6) is 0.0731. The van der Waals surface area contributed by atoms with Crippen molar-refractivity contribution < 1.29 is 4.79 Å². The monoisotopic (exact) mass is 319 g/mol. The van der Waals surface area contributed by atoms with Gasteiger partial charge >= 0.3 is 0 Å².